The van der Waals surface area contributed by atoms with Crippen LogP contribution in [-0.4, -0.2) is 24.2 Å². The Labute approximate surface area is 93.9 Å². The smallest absolute Gasteiger partial charge is 0.212 e. The van der Waals surface area contributed by atoms with Crippen LogP contribution in [0.2, 0.25) is 0 Å². The summed E-state index contributed by atoms with van der Waals surface area (Å²) in [5.41, 5.74) is 1.99. The van der Waals surface area contributed by atoms with Crippen molar-refractivity contribution in [1.29, 1.82) is 0 Å². The molecule has 0 N–H and O–H groups in total. The first kappa shape index (κ1) is 10.4. The Morgan fingerprint density at radius 2 is 1.19 bits per heavy atom. The largest absolute Gasteiger partial charge is 0.481 e. The molecule has 0 spiro atoms. The molecule has 0 aliphatic heterocycles. The fourth-order valence-corrected chi connectivity index (χ4v) is 1.34. The van der Waals surface area contributed by atoms with Crippen LogP contribution in [0.15, 0.2) is 36.7 Å². The van der Waals surface area contributed by atoms with Gasteiger partial charge in [0.1, 0.15) is 0 Å². The number of nitrogens with zero attached hydrogens (tertiary/aromatic N) is 2. The van der Waals surface area contributed by atoms with Crippen molar-refractivity contribution >= 4 is 0 Å². The molecule has 0 unspecified atom stereocenters. The molecule has 0 amide bonds. The Morgan fingerprint density at radius 1 is 0.750 bits per heavy atom. The van der Waals surface area contributed by atoms with Crippen LogP contribution in [0, 0.1) is 0 Å². The van der Waals surface area contributed by atoms with Crippen LogP contribution in [0.4, 0.5) is 0 Å². The summed E-state index contributed by atoms with van der Waals surface area (Å²) in [4.78, 5) is 8.27. The predicted octanol–water partition coefficient (Wildman–Crippen LogP) is 2.16. The molecule has 2 aromatic heterocycles. The average molecular weight is 216 g/mol. The number of ether oxygens (including phenoxy) is 2. The van der Waals surface area contributed by atoms with Crippen LogP contribution in [0.3, 0.4) is 0 Å². The van der Waals surface area contributed by atoms with Gasteiger partial charge in [0, 0.05) is 35.7 Å². The molecule has 0 aromatic carbocycles. The van der Waals surface area contributed by atoms with E-state index in [2.05, 4.69) is 9.97 Å². The SMILES string of the molecule is COc1ccc(-c2ccc(OC)nc2)cn1. The third kappa shape index (κ3) is 2.11. The Hall–Kier alpha value is -2.10. The zero-order valence-corrected chi connectivity index (χ0v) is 9.18. The van der Waals surface area contributed by atoms with Crippen molar-refractivity contribution in [3.63, 3.8) is 0 Å². The zero-order chi connectivity index (χ0) is 11.4. The highest BCUT2D eigenvalue weighted by atomic mass is 16.5. The standard InChI is InChI=1S/C12H12N2O2/c1-15-11-5-3-9(7-13-11)10-4-6-12(16-2)14-8-10/h3-8H,1-2H3. The van der Waals surface area contributed by atoms with Crippen LogP contribution >= 0.6 is 0 Å². The van der Waals surface area contributed by atoms with E-state index >= 15 is 0 Å². The molecule has 0 radical (unpaired) electrons. The Kier molecular flexibility index (Phi) is 3.00. The molecule has 0 aliphatic rings. The highest BCUT2D eigenvalue weighted by molar-refractivity contribution is 5.61. The number of hydrogen-bond donors (Lipinski definition) is 0. The fourth-order valence-electron chi connectivity index (χ4n) is 1.34. The maximum atomic E-state index is 4.99. The van der Waals surface area contributed by atoms with E-state index in [1.54, 1.807) is 26.6 Å². The first-order chi connectivity index (χ1) is 7.83. The van der Waals surface area contributed by atoms with Crippen LogP contribution in [0.5, 0.6) is 11.8 Å². The third-order valence-corrected chi connectivity index (χ3v) is 2.22. The second-order valence-electron chi connectivity index (χ2n) is 3.18. The van der Waals surface area contributed by atoms with Crippen molar-refractivity contribution in [3.8, 4) is 22.9 Å². The topological polar surface area (TPSA) is 44.2 Å². The van der Waals surface area contributed by atoms with Gasteiger partial charge in [-0.2, -0.15) is 0 Å². The van der Waals surface area contributed by atoms with Crippen LogP contribution in [-0.2, 0) is 0 Å². The number of pyridine rings is 2. The minimum absolute atomic E-state index is 0.602. The lowest BCUT2D eigenvalue weighted by Gasteiger charge is -2.03. The Bertz CT molecular complexity index is 406. The Morgan fingerprint density at radius 3 is 1.44 bits per heavy atom. The maximum Gasteiger partial charge on any atom is 0.212 e. The van der Waals surface area contributed by atoms with Crippen LogP contribution in [0.1, 0.15) is 0 Å². The van der Waals surface area contributed by atoms with Gasteiger partial charge < -0.3 is 9.47 Å². The van der Waals surface area contributed by atoms with Gasteiger partial charge in [0.25, 0.3) is 0 Å². The summed E-state index contributed by atoms with van der Waals surface area (Å²) in [7, 11) is 3.19. The highest BCUT2D eigenvalue weighted by Gasteiger charge is 2.00. The second-order valence-corrected chi connectivity index (χ2v) is 3.18. The van der Waals surface area contributed by atoms with Gasteiger partial charge in [-0.15, -0.1) is 0 Å². The highest BCUT2D eigenvalue weighted by Crippen LogP contribution is 2.20. The third-order valence-electron chi connectivity index (χ3n) is 2.22. The van der Waals surface area contributed by atoms with Gasteiger partial charge in [0.15, 0.2) is 0 Å². The lowest BCUT2D eigenvalue weighted by Crippen LogP contribution is -1.89. The second kappa shape index (κ2) is 4.61. The predicted molar refractivity (Wildman–Crippen MR) is 60.6 cm³/mol. The minimum atomic E-state index is 0.602. The van der Waals surface area contributed by atoms with E-state index < -0.39 is 0 Å². The van der Waals surface area contributed by atoms with Crippen molar-refractivity contribution in [1.82, 2.24) is 9.97 Å². The van der Waals surface area contributed by atoms with E-state index in [0.717, 1.165) is 11.1 Å². The summed E-state index contributed by atoms with van der Waals surface area (Å²) >= 11 is 0. The summed E-state index contributed by atoms with van der Waals surface area (Å²) in [6, 6.07) is 7.52. The van der Waals surface area contributed by atoms with Gasteiger partial charge in [-0.1, -0.05) is 0 Å². The Balaban J connectivity index is 2.28. The molecule has 0 aliphatic carbocycles. The lowest BCUT2D eigenvalue weighted by atomic mass is 10.1. The first-order valence-corrected chi connectivity index (χ1v) is 4.84. The number of hydrogen-bond acceptors (Lipinski definition) is 4. The quantitative estimate of drug-likeness (QED) is 0.788. The van der Waals surface area contributed by atoms with Crippen LogP contribution < -0.4 is 9.47 Å². The van der Waals surface area contributed by atoms with Gasteiger partial charge in [-0.05, 0) is 12.1 Å². The van der Waals surface area contributed by atoms with Gasteiger partial charge in [-0.25, -0.2) is 9.97 Å². The number of rotatable bonds is 3. The molecule has 0 bridgehead atoms. The molecule has 0 saturated heterocycles. The normalized spacial score (nSPS) is 9.88. The summed E-state index contributed by atoms with van der Waals surface area (Å²) in [6.45, 7) is 0. The summed E-state index contributed by atoms with van der Waals surface area (Å²) in [5.74, 6) is 1.20. The average Bonchev–Trinajstić information content (AvgIpc) is 2.39. The molecule has 16 heavy (non-hydrogen) atoms. The zero-order valence-electron chi connectivity index (χ0n) is 9.18. The van der Waals surface area contributed by atoms with Crippen molar-refractivity contribution < 1.29 is 9.47 Å². The minimum Gasteiger partial charge on any atom is -0.481 e. The van der Waals surface area contributed by atoms with E-state index in [0.29, 0.717) is 11.8 Å². The molecule has 82 valence electrons. The van der Waals surface area contributed by atoms with Gasteiger partial charge in [0.05, 0.1) is 14.2 Å². The molecular weight excluding hydrogens is 204 g/mol. The van der Waals surface area contributed by atoms with Crippen molar-refractivity contribution in [3.05, 3.63) is 36.7 Å². The molecule has 0 saturated carbocycles. The summed E-state index contributed by atoms with van der Waals surface area (Å²) in [6.07, 6.45) is 3.50. The van der Waals surface area contributed by atoms with E-state index in [1.807, 2.05) is 24.3 Å². The lowest BCUT2D eigenvalue weighted by molar-refractivity contribution is 0.397. The molecule has 0 fully saturated rings. The van der Waals surface area contributed by atoms with Gasteiger partial charge >= 0.3 is 0 Å². The maximum absolute atomic E-state index is 4.99. The van der Waals surface area contributed by atoms with Crippen molar-refractivity contribution in [2.24, 2.45) is 0 Å². The molecular formula is C12H12N2O2. The van der Waals surface area contributed by atoms with E-state index in [4.69, 9.17) is 9.47 Å². The van der Waals surface area contributed by atoms with E-state index in [9.17, 15) is 0 Å². The number of methoxy groups -OCH3 is 2. The molecule has 0 atom stereocenters. The molecule has 2 aromatic rings. The molecule has 2 rings (SSSR count). The fraction of sp³-hybridized carbons (Fsp3) is 0.167. The first-order valence-electron chi connectivity index (χ1n) is 4.84. The molecule has 4 nitrogen and oxygen atoms in total. The van der Waals surface area contributed by atoms with Gasteiger partial charge in [0.2, 0.25) is 11.8 Å². The van der Waals surface area contributed by atoms with Crippen molar-refractivity contribution in [2.45, 2.75) is 0 Å². The summed E-state index contributed by atoms with van der Waals surface area (Å²) in [5, 5.41) is 0. The van der Waals surface area contributed by atoms with Crippen LogP contribution in [0.25, 0.3) is 11.1 Å². The number of aromatic nitrogens is 2. The van der Waals surface area contributed by atoms with Crippen molar-refractivity contribution in [2.75, 3.05) is 14.2 Å². The monoisotopic (exact) mass is 216 g/mol. The summed E-state index contributed by atoms with van der Waals surface area (Å²) < 4.78 is 9.99. The molecule has 4 heteroatoms. The molecule has 2 heterocycles. The van der Waals surface area contributed by atoms with E-state index in [-0.39, 0.29) is 0 Å². The van der Waals surface area contributed by atoms with E-state index in [1.165, 1.54) is 0 Å². The van der Waals surface area contributed by atoms with Gasteiger partial charge in [-0.3, -0.25) is 0 Å².